The molecule has 0 N–H and O–H groups in total. The summed E-state index contributed by atoms with van der Waals surface area (Å²) in [7, 11) is 0. The second-order valence-electron chi connectivity index (χ2n) is 5.37. The minimum atomic E-state index is -1.02. The van der Waals surface area contributed by atoms with Gasteiger partial charge in [-0.15, -0.1) is 0 Å². The van der Waals surface area contributed by atoms with Crippen LogP contribution in [-0.4, -0.2) is 35.9 Å². The van der Waals surface area contributed by atoms with Gasteiger partial charge in [0.05, 0.1) is 27.7 Å². The van der Waals surface area contributed by atoms with Crippen molar-refractivity contribution in [1.82, 2.24) is 0 Å². The summed E-state index contributed by atoms with van der Waals surface area (Å²) in [6.07, 6.45) is 0. The molecule has 0 amide bonds. The first-order valence-electron chi connectivity index (χ1n) is 7.85. The topological polar surface area (TPSA) is 113 Å². The van der Waals surface area contributed by atoms with Gasteiger partial charge in [0, 0.05) is 22.7 Å². The summed E-state index contributed by atoms with van der Waals surface area (Å²) in [5.41, 5.74) is -0.850. The van der Waals surface area contributed by atoms with E-state index in [-0.39, 0.29) is 28.3 Å². The van der Waals surface area contributed by atoms with Gasteiger partial charge in [0.1, 0.15) is 0 Å². The third-order valence-corrected chi connectivity index (χ3v) is 3.99. The van der Waals surface area contributed by atoms with Gasteiger partial charge in [-0.25, -0.2) is 9.59 Å². The maximum Gasteiger partial charge on any atom is 0.338 e. The maximum absolute atomic E-state index is 12.2. The molecule has 28 heavy (non-hydrogen) atoms. The number of halogens is 2. The van der Waals surface area contributed by atoms with Crippen molar-refractivity contribution in [2.75, 3.05) is 13.2 Å². The van der Waals surface area contributed by atoms with E-state index in [9.17, 15) is 24.5 Å². The van der Waals surface area contributed by atoms with E-state index in [0.717, 1.165) is 18.2 Å². The zero-order valence-corrected chi connectivity index (χ0v) is 16.0. The number of nitro benzene ring substituents is 1. The van der Waals surface area contributed by atoms with Crippen LogP contribution in [0.25, 0.3) is 0 Å². The fourth-order valence-electron chi connectivity index (χ4n) is 2.17. The molecule has 2 aromatic carbocycles. The molecule has 0 heterocycles. The van der Waals surface area contributed by atoms with Gasteiger partial charge in [-0.1, -0.05) is 23.2 Å². The summed E-state index contributed by atoms with van der Waals surface area (Å²) in [6, 6.07) is 7.21. The molecule has 0 aliphatic rings. The maximum atomic E-state index is 12.2. The van der Waals surface area contributed by atoms with Crippen LogP contribution in [0.1, 0.15) is 38.0 Å². The van der Waals surface area contributed by atoms with Gasteiger partial charge in [0.15, 0.2) is 6.61 Å². The fraction of sp³-hybridized carbons (Fsp3) is 0.167. The van der Waals surface area contributed by atoms with Gasteiger partial charge < -0.3 is 9.47 Å². The SMILES string of the molecule is CCOC(=O)c1cc(C(=O)OCC(=O)c2ccc(Cl)cc2Cl)cc([N+](=O)[O-])c1. The molecule has 0 aromatic heterocycles. The number of nitro groups is 1. The number of rotatable bonds is 7. The average molecular weight is 426 g/mol. The minimum absolute atomic E-state index is 0.0532. The number of nitrogens with zero attached hydrogens (tertiary/aromatic N) is 1. The van der Waals surface area contributed by atoms with Gasteiger partial charge >= 0.3 is 11.9 Å². The molecule has 0 unspecified atom stereocenters. The van der Waals surface area contributed by atoms with Gasteiger partial charge in [-0.3, -0.25) is 14.9 Å². The molecule has 2 rings (SSSR count). The van der Waals surface area contributed by atoms with Crippen LogP contribution in [0.2, 0.25) is 10.0 Å². The van der Waals surface area contributed by atoms with Crippen molar-refractivity contribution in [1.29, 1.82) is 0 Å². The molecule has 0 saturated heterocycles. The molecular weight excluding hydrogens is 413 g/mol. The van der Waals surface area contributed by atoms with Crippen LogP contribution in [0.5, 0.6) is 0 Å². The lowest BCUT2D eigenvalue weighted by atomic mass is 10.1. The number of hydrogen-bond acceptors (Lipinski definition) is 7. The molecule has 0 atom stereocenters. The zero-order chi connectivity index (χ0) is 20.8. The number of carbonyl (C=O) groups is 3. The Bertz CT molecular complexity index is 959. The average Bonchev–Trinajstić information content (AvgIpc) is 2.65. The third kappa shape index (κ3) is 5.28. The Hall–Kier alpha value is -2.97. The monoisotopic (exact) mass is 425 g/mol. The number of Topliss-reactive ketones (excluding diaryl/α,β-unsaturated/α-hetero) is 1. The molecule has 0 aliphatic heterocycles. The molecule has 2 aromatic rings. The van der Waals surface area contributed by atoms with Crippen molar-refractivity contribution < 1.29 is 28.8 Å². The Morgan fingerprint density at radius 2 is 1.61 bits per heavy atom. The molecule has 10 heteroatoms. The van der Waals surface area contributed by atoms with E-state index >= 15 is 0 Å². The largest absolute Gasteiger partial charge is 0.462 e. The molecule has 0 bridgehead atoms. The Kier molecular flexibility index (Phi) is 7.08. The van der Waals surface area contributed by atoms with Crippen molar-refractivity contribution >= 4 is 46.6 Å². The summed E-state index contributed by atoms with van der Waals surface area (Å²) in [4.78, 5) is 46.5. The van der Waals surface area contributed by atoms with Crippen molar-refractivity contribution in [2.24, 2.45) is 0 Å². The van der Waals surface area contributed by atoms with Gasteiger partial charge in [0.2, 0.25) is 5.78 Å². The van der Waals surface area contributed by atoms with Gasteiger partial charge in [-0.05, 0) is 31.2 Å². The quantitative estimate of drug-likeness (QED) is 0.283. The van der Waals surface area contributed by atoms with Crippen LogP contribution in [0, 0.1) is 10.1 Å². The number of esters is 2. The van der Waals surface area contributed by atoms with Crippen molar-refractivity contribution in [3.63, 3.8) is 0 Å². The second-order valence-corrected chi connectivity index (χ2v) is 6.21. The molecule has 0 fully saturated rings. The van der Waals surface area contributed by atoms with Crippen LogP contribution in [0.3, 0.4) is 0 Å². The Labute approximate surface area is 169 Å². The Morgan fingerprint density at radius 3 is 2.14 bits per heavy atom. The minimum Gasteiger partial charge on any atom is -0.462 e. The summed E-state index contributed by atoms with van der Waals surface area (Å²) in [5, 5.41) is 11.5. The standard InChI is InChI=1S/C18H13Cl2NO7/c1-2-27-17(23)10-5-11(7-13(6-10)21(25)26)18(24)28-9-16(22)14-4-3-12(19)8-15(14)20/h3-8H,2,9H2,1H3. The number of non-ortho nitro benzene ring substituents is 1. The lowest BCUT2D eigenvalue weighted by Crippen LogP contribution is -2.15. The first-order valence-corrected chi connectivity index (χ1v) is 8.60. The van der Waals surface area contributed by atoms with E-state index in [0.29, 0.717) is 5.02 Å². The molecule has 146 valence electrons. The van der Waals surface area contributed by atoms with E-state index in [1.807, 2.05) is 0 Å². The van der Waals surface area contributed by atoms with Gasteiger partial charge in [0.25, 0.3) is 5.69 Å². The molecule has 8 nitrogen and oxygen atoms in total. The highest BCUT2D eigenvalue weighted by atomic mass is 35.5. The van der Waals surface area contributed by atoms with Crippen LogP contribution >= 0.6 is 23.2 Å². The van der Waals surface area contributed by atoms with E-state index < -0.39 is 34.9 Å². The molecular formula is C18H13Cl2NO7. The van der Waals surface area contributed by atoms with E-state index in [1.165, 1.54) is 18.2 Å². The highest BCUT2D eigenvalue weighted by molar-refractivity contribution is 6.36. The number of benzene rings is 2. The summed E-state index contributed by atoms with van der Waals surface area (Å²) < 4.78 is 9.69. The molecule has 0 spiro atoms. The summed E-state index contributed by atoms with van der Waals surface area (Å²) in [6.45, 7) is 0.965. The normalized spacial score (nSPS) is 10.2. The van der Waals surface area contributed by atoms with Crippen LogP contribution < -0.4 is 0 Å². The number of ether oxygens (including phenoxy) is 2. The first kappa shape index (κ1) is 21.3. The first-order chi connectivity index (χ1) is 13.2. The van der Waals surface area contributed by atoms with Gasteiger partial charge in [-0.2, -0.15) is 0 Å². The third-order valence-electron chi connectivity index (χ3n) is 3.44. The fourth-order valence-corrected chi connectivity index (χ4v) is 2.69. The van der Waals surface area contributed by atoms with Crippen molar-refractivity contribution in [3.8, 4) is 0 Å². The second kappa shape index (κ2) is 9.29. The Balaban J connectivity index is 2.19. The predicted octanol–water partition coefficient (Wildman–Crippen LogP) is 4.12. The molecule has 0 radical (unpaired) electrons. The van der Waals surface area contributed by atoms with Crippen molar-refractivity contribution in [3.05, 3.63) is 73.2 Å². The molecule has 0 aliphatic carbocycles. The lowest BCUT2D eigenvalue weighted by molar-refractivity contribution is -0.384. The lowest BCUT2D eigenvalue weighted by Gasteiger charge is -2.08. The zero-order valence-electron chi connectivity index (χ0n) is 14.4. The van der Waals surface area contributed by atoms with E-state index in [2.05, 4.69) is 0 Å². The van der Waals surface area contributed by atoms with Crippen LogP contribution in [-0.2, 0) is 9.47 Å². The van der Waals surface area contributed by atoms with Crippen LogP contribution in [0.4, 0.5) is 5.69 Å². The highest BCUT2D eigenvalue weighted by Gasteiger charge is 2.21. The predicted molar refractivity (Wildman–Crippen MR) is 100 cm³/mol. The summed E-state index contributed by atoms with van der Waals surface area (Å²) in [5.74, 6) is -2.44. The smallest absolute Gasteiger partial charge is 0.338 e. The summed E-state index contributed by atoms with van der Waals surface area (Å²) >= 11 is 11.7. The van der Waals surface area contributed by atoms with E-state index in [1.54, 1.807) is 6.92 Å². The van der Waals surface area contributed by atoms with E-state index in [4.69, 9.17) is 32.7 Å². The van der Waals surface area contributed by atoms with Crippen molar-refractivity contribution in [2.45, 2.75) is 6.92 Å². The Morgan fingerprint density at radius 1 is 1.00 bits per heavy atom. The number of carbonyl (C=O) groups excluding carboxylic acids is 3. The number of ketones is 1. The number of hydrogen-bond donors (Lipinski definition) is 0. The molecule has 0 saturated carbocycles. The highest BCUT2D eigenvalue weighted by Crippen LogP contribution is 2.22. The van der Waals surface area contributed by atoms with Crippen LogP contribution in [0.15, 0.2) is 36.4 Å².